The van der Waals surface area contributed by atoms with Crippen LogP contribution in [0.4, 0.5) is 0 Å². The van der Waals surface area contributed by atoms with Crippen molar-refractivity contribution in [2.75, 3.05) is 0 Å². The molecule has 0 aliphatic rings. The molecule has 17 rings (SSSR count). The van der Waals surface area contributed by atoms with Gasteiger partial charge in [-0.3, -0.25) is 0 Å². The smallest absolute Gasteiger partial charge is 0.0000242 e. The molecule has 0 aromatic heterocycles. The zero-order valence-corrected chi connectivity index (χ0v) is 30.5. The summed E-state index contributed by atoms with van der Waals surface area (Å²) in [4.78, 5) is 0. The van der Waals surface area contributed by atoms with E-state index in [2.05, 4.69) is 135 Å². The van der Waals surface area contributed by atoms with E-state index in [0.717, 1.165) is 0 Å². The van der Waals surface area contributed by atoms with Crippen molar-refractivity contribution in [1.29, 1.82) is 0 Å². The van der Waals surface area contributed by atoms with Gasteiger partial charge in [-0.1, -0.05) is 121 Å². The van der Waals surface area contributed by atoms with E-state index in [1.165, 1.54) is 183 Å². The van der Waals surface area contributed by atoms with Crippen molar-refractivity contribution in [2.45, 2.75) is 13.8 Å². The molecule has 56 heavy (non-hydrogen) atoms. The van der Waals surface area contributed by atoms with Gasteiger partial charge in [0.15, 0.2) is 0 Å². The summed E-state index contributed by atoms with van der Waals surface area (Å²) < 4.78 is 0. The first-order chi connectivity index (χ1) is 27.7. The van der Waals surface area contributed by atoms with Crippen LogP contribution in [0, 0.1) is 13.8 Å². The van der Waals surface area contributed by atoms with Crippen LogP contribution in [0.2, 0.25) is 0 Å². The fourth-order valence-electron chi connectivity index (χ4n) is 13.5. The first-order valence-electron chi connectivity index (χ1n) is 20.1. The number of fused-ring (bicyclic) bond motifs is 10. The molecule has 0 amide bonds. The van der Waals surface area contributed by atoms with Crippen LogP contribution in [0.1, 0.15) is 11.1 Å². The lowest BCUT2D eigenvalue weighted by Crippen LogP contribution is -2.02. The topological polar surface area (TPSA) is 0 Å². The molecule has 0 unspecified atom stereocenters. The fourth-order valence-corrected chi connectivity index (χ4v) is 13.5. The van der Waals surface area contributed by atoms with Crippen LogP contribution in [0.3, 0.4) is 0 Å². The van der Waals surface area contributed by atoms with Gasteiger partial charge in [-0.05, 0) is 197 Å². The molecule has 0 bridgehead atoms. The molecule has 0 fully saturated rings. The van der Waals surface area contributed by atoms with Crippen LogP contribution in [-0.2, 0) is 0 Å². The lowest BCUT2D eigenvalue weighted by molar-refractivity contribution is 1.56. The van der Waals surface area contributed by atoms with E-state index in [1.54, 1.807) is 0 Å². The number of hydrogen-bond donors (Lipinski definition) is 0. The second-order valence-electron chi connectivity index (χ2n) is 17.3. The number of aryl methyl sites for hydroxylation is 2. The normalized spacial score (nSPS) is 13.9. The monoisotopic (exact) mass is 698 g/mol. The Morgan fingerprint density at radius 1 is 0.161 bits per heavy atom. The van der Waals surface area contributed by atoms with Gasteiger partial charge in [-0.25, -0.2) is 0 Å². The highest BCUT2D eigenvalue weighted by molar-refractivity contribution is 6.64. The van der Waals surface area contributed by atoms with Crippen LogP contribution in [0.5, 0.6) is 0 Å². The highest BCUT2D eigenvalue weighted by Crippen LogP contribution is 2.63. The molecule has 0 saturated carbocycles. The van der Waals surface area contributed by atoms with E-state index < -0.39 is 0 Å². The SMILES string of the molecule is Cc1ccc2c3ccc4c5ccccc5c5ccc6c7ccc(C)c8c9ccc%10c%11ccccc%11c%11ccc%12c1c2c1c2c3c4c5c6c2c(c78)c2c9c%10c%11c%12c12. The quantitative estimate of drug-likeness (QED) is 0.109. The van der Waals surface area contributed by atoms with Gasteiger partial charge in [0.25, 0.3) is 0 Å². The summed E-state index contributed by atoms with van der Waals surface area (Å²) in [5.41, 5.74) is 2.72. The average molecular weight is 699 g/mol. The van der Waals surface area contributed by atoms with Crippen LogP contribution in [0.15, 0.2) is 121 Å². The molecule has 17 aromatic rings. The molecule has 17 aromatic carbocycles. The minimum absolute atomic E-state index is 1.35. The zero-order chi connectivity index (χ0) is 35.8. The summed E-state index contributed by atoms with van der Waals surface area (Å²) >= 11 is 0. The Morgan fingerprint density at radius 2 is 0.357 bits per heavy atom. The molecular formula is C56H26. The van der Waals surface area contributed by atoms with E-state index in [-0.39, 0.29) is 0 Å². The molecule has 0 atom stereocenters. The van der Waals surface area contributed by atoms with Crippen LogP contribution in [-0.4, -0.2) is 0 Å². The van der Waals surface area contributed by atoms with Gasteiger partial charge in [0.1, 0.15) is 0 Å². The summed E-state index contributed by atoms with van der Waals surface area (Å²) in [6, 6.07) is 47.8. The summed E-state index contributed by atoms with van der Waals surface area (Å²) in [5.74, 6) is 0. The minimum Gasteiger partial charge on any atom is -0.0616 e. The maximum Gasteiger partial charge on any atom is -0.0000242 e. The molecule has 0 heterocycles. The maximum atomic E-state index is 2.49. The average Bonchev–Trinajstić information content (AvgIpc) is 3.24. The van der Waals surface area contributed by atoms with Crippen LogP contribution < -0.4 is 0 Å². The summed E-state index contributed by atoms with van der Waals surface area (Å²) in [6.07, 6.45) is 0. The van der Waals surface area contributed by atoms with Gasteiger partial charge in [-0.2, -0.15) is 0 Å². The van der Waals surface area contributed by atoms with Crippen LogP contribution >= 0.6 is 0 Å². The largest absolute Gasteiger partial charge is 0.0616 e. The van der Waals surface area contributed by atoms with Gasteiger partial charge in [-0.15, -0.1) is 0 Å². The van der Waals surface area contributed by atoms with Crippen molar-refractivity contribution in [3.05, 3.63) is 132 Å². The Balaban J connectivity index is 1.40. The van der Waals surface area contributed by atoms with Gasteiger partial charge in [0.05, 0.1) is 0 Å². The maximum absolute atomic E-state index is 2.49. The lowest BCUT2D eigenvalue weighted by Gasteiger charge is -2.31. The van der Waals surface area contributed by atoms with Gasteiger partial charge in [0, 0.05) is 0 Å². The molecule has 0 spiro atoms. The lowest BCUT2D eigenvalue weighted by atomic mass is 9.71. The van der Waals surface area contributed by atoms with Crippen LogP contribution in [0.25, 0.3) is 172 Å². The third kappa shape index (κ3) is 2.36. The Labute approximate surface area is 317 Å². The third-order valence-corrected chi connectivity index (χ3v) is 15.3. The summed E-state index contributed by atoms with van der Waals surface area (Å²) in [6.45, 7) is 4.70. The Morgan fingerprint density at radius 3 is 0.661 bits per heavy atom. The minimum atomic E-state index is 1.35. The summed E-state index contributed by atoms with van der Waals surface area (Å²) in [7, 11) is 0. The first kappa shape index (κ1) is 26.7. The van der Waals surface area contributed by atoms with Crippen molar-refractivity contribution >= 4 is 172 Å². The van der Waals surface area contributed by atoms with Gasteiger partial charge in [0.2, 0.25) is 0 Å². The molecule has 0 saturated heterocycles. The number of rotatable bonds is 0. The van der Waals surface area contributed by atoms with Gasteiger partial charge < -0.3 is 0 Å². The van der Waals surface area contributed by atoms with Crippen molar-refractivity contribution in [2.24, 2.45) is 0 Å². The van der Waals surface area contributed by atoms with E-state index in [1.807, 2.05) is 0 Å². The summed E-state index contributed by atoms with van der Waals surface area (Å²) in [5, 5.41) is 45.5. The van der Waals surface area contributed by atoms with E-state index in [9.17, 15) is 0 Å². The molecule has 250 valence electrons. The van der Waals surface area contributed by atoms with Crippen molar-refractivity contribution in [1.82, 2.24) is 0 Å². The first-order valence-corrected chi connectivity index (χ1v) is 20.1. The van der Waals surface area contributed by atoms with E-state index >= 15 is 0 Å². The van der Waals surface area contributed by atoms with Crippen molar-refractivity contribution in [3.8, 4) is 0 Å². The van der Waals surface area contributed by atoms with E-state index in [0.29, 0.717) is 0 Å². The predicted octanol–water partition coefficient (Wildman–Crippen LogP) is 16.3. The molecule has 0 heteroatoms. The van der Waals surface area contributed by atoms with E-state index in [4.69, 9.17) is 0 Å². The highest BCUT2D eigenvalue weighted by atomic mass is 14.4. The second-order valence-corrected chi connectivity index (χ2v) is 17.3. The molecule has 0 aliphatic carbocycles. The molecule has 0 N–H and O–H groups in total. The predicted molar refractivity (Wildman–Crippen MR) is 245 cm³/mol. The fraction of sp³-hybridized carbons (Fsp3) is 0.0357. The third-order valence-electron chi connectivity index (χ3n) is 15.3. The van der Waals surface area contributed by atoms with Gasteiger partial charge >= 0.3 is 0 Å². The Hall–Kier alpha value is -7.02. The molecular weight excluding hydrogens is 673 g/mol. The molecule has 0 aliphatic heterocycles. The number of benzene rings is 17. The Bertz CT molecular complexity index is 4300. The second kappa shape index (κ2) is 8.01. The standard InChI is InChI=1S/C56H26/c1-23-11-13-33-35-17-15-29-25-7-3-4-8-26(25)30-16-18-36-34-14-12-24(2)40-38-22-20-32-28-10-6-5-9-27(28)31-19-21-37-39(23)41(33)51-53-47(35)43(29)44(30)48(36)54(53)52(42(34)40)56-50(38)46(32)45(31)49(37)55(51)56/h3-22H,1-2H3. The molecule has 0 radical (unpaired) electrons. The van der Waals surface area contributed by atoms with Crippen molar-refractivity contribution < 1.29 is 0 Å². The molecule has 0 nitrogen and oxygen atoms in total. The highest BCUT2D eigenvalue weighted by Gasteiger charge is 2.34. The van der Waals surface area contributed by atoms with Crippen molar-refractivity contribution in [3.63, 3.8) is 0 Å². The zero-order valence-electron chi connectivity index (χ0n) is 30.5. The number of hydrogen-bond acceptors (Lipinski definition) is 0. The Kier molecular flexibility index (Phi) is 3.82.